The highest BCUT2D eigenvalue weighted by molar-refractivity contribution is 6.32. The maximum absolute atomic E-state index is 12.6. The minimum Gasteiger partial charge on any atom is -0.491 e. The molecule has 0 aromatic heterocycles. The molecule has 0 unspecified atom stereocenters. The standard InChI is InChI=1S/C20H24ClN3O2/c1-23-9-11-24(12-10-23)20(25)16-4-2-15(3-5-16)17-6-7-19(18(21)14-17)26-13-8-22/h2-7,14H,8-13,22H2,1H3. The second-order valence-corrected chi connectivity index (χ2v) is 6.86. The number of hydrogen-bond acceptors (Lipinski definition) is 4. The Kier molecular flexibility index (Phi) is 6.14. The van der Waals surface area contributed by atoms with Crippen LogP contribution in [0.5, 0.6) is 5.75 Å². The number of hydrogen-bond donors (Lipinski definition) is 1. The van der Waals surface area contributed by atoms with E-state index in [4.69, 9.17) is 22.1 Å². The van der Waals surface area contributed by atoms with Gasteiger partial charge in [0.1, 0.15) is 12.4 Å². The van der Waals surface area contributed by atoms with Gasteiger partial charge in [-0.1, -0.05) is 29.8 Å². The van der Waals surface area contributed by atoms with Gasteiger partial charge in [-0.05, 0) is 42.4 Å². The number of piperazine rings is 1. The summed E-state index contributed by atoms with van der Waals surface area (Å²) in [6.07, 6.45) is 0. The molecule has 0 saturated carbocycles. The largest absolute Gasteiger partial charge is 0.491 e. The van der Waals surface area contributed by atoms with E-state index in [1.54, 1.807) is 0 Å². The lowest BCUT2D eigenvalue weighted by Gasteiger charge is -2.32. The molecule has 0 atom stereocenters. The zero-order valence-corrected chi connectivity index (χ0v) is 15.7. The summed E-state index contributed by atoms with van der Waals surface area (Å²) >= 11 is 6.28. The molecule has 0 radical (unpaired) electrons. The van der Waals surface area contributed by atoms with Crippen molar-refractivity contribution in [2.24, 2.45) is 5.73 Å². The van der Waals surface area contributed by atoms with E-state index >= 15 is 0 Å². The molecule has 1 aliphatic heterocycles. The van der Waals surface area contributed by atoms with Crippen LogP contribution in [-0.2, 0) is 0 Å². The minimum absolute atomic E-state index is 0.0909. The summed E-state index contributed by atoms with van der Waals surface area (Å²) in [6.45, 7) is 4.26. The van der Waals surface area contributed by atoms with Crippen molar-refractivity contribution < 1.29 is 9.53 Å². The van der Waals surface area contributed by atoms with Crippen LogP contribution in [0.3, 0.4) is 0 Å². The van der Waals surface area contributed by atoms with Gasteiger partial charge in [0.15, 0.2) is 0 Å². The predicted molar refractivity (Wildman–Crippen MR) is 105 cm³/mol. The van der Waals surface area contributed by atoms with Crippen LogP contribution in [0.2, 0.25) is 5.02 Å². The molecule has 2 aromatic carbocycles. The van der Waals surface area contributed by atoms with Crippen molar-refractivity contribution in [3.63, 3.8) is 0 Å². The summed E-state index contributed by atoms with van der Waals surface area (Å²) in [5.41, 5.74) is 8.15. The molecule has 1 amide bonds. The lowest BCUT2D eigenvalue weighted by Crippen LogP contribution is -2.47. The fourth-order valence-corrected chi connectivity index (χ4v) is 3.20. The van der Waals surface area contributed by atoms with E-state index in [9.17, 15) is 4.79 Å². The van der Waals surface area contributed by atoms with Gasteiger partial charge >= 0.3 is 0 Å². The summed E-state index contributed by atoms with van der Waals surface area (Å²) < 4.78 is 5.49. The first kappa shape index (κ1) is 18.7. The highest BCUT2D eigenvalue weighted by Crippen LogP contribution is 2.30. The molecule has 6 heteroatoms. The van der Waals surface area contributed by atoms with Gasteiger partial charge < -0.3 is 20.3 Å². The molecule has 2 aromatic rings. The maximum Gasteiger partial charge on any atom is 0.253 e. The molecule has 0 spiro atoms. The summed E-state index contributed by atoms with van der Waals surface area (Å²) in [7, 11) is 2.08. The molecule has 5 nitrogen and oxygen atoms in total. The Morgan fingerprint density at radius 3 is 2.35 bits per heavy atom. The van der Waals surface area contributed by atoms with Gasteiger partial charge in [-0.15, -0.1) is 0 Å². The van der Waals surface area contributed by atoms with Crippen molar-refractivity contribution in [3.05, 3.63) is 53.1 Å². The monoisotopic (exact) mass is 373 g/mol. The van der Waals surface area contributed by atoms with Crippen molar-refractivity contribution in [3.8, 4) is 16.9 Å². The Morgan fingerprint density at radius 1 is 1.08 bits per heavy atom. The van der Waals surface area contributed by atoms with E-state index in [0.29, 0.717) is 29.5 Å². The molecule has 0 aliphatic carbocycles. The van der Waals surface area contributed by atoms with Gasteiger partial charge in [-0.2, -0.15) is 0 Å². The molecular formula is C20H24ClN3O2. The number of nitrogens with zero attached hydrogens (tertiary/aromatic N) is 2. The second-order valence-electron chi connectivity index (χ2n) is 6.46. The van der Waals surface area contributed by atoms with E-state index in [0.717, 1.165) is 37.3 Å². The Hall–Kier alpha value is -2.08. The third-order valence-corrected chi connectivity index (χ3v) is 4.86. The fourth-order valence-electron chi connectivity index (χ4n) is 2.96. The molecule has 1 heterocycles. The van der Waals surface area contributed by atoms with Gasteiger partial charge in [0.25, 0.3) is 5.91 Å². The summed E-state index contributed by atoms with van der Waals surface area (Å²) in [5.74, 6) is 0.718. The van der Waals surface area contributed by atoms with Crippen molar-refractivity contribution in [1.29, 1.82) is 0 Å². The van der Waals surface area contributed by atoms with Crippen molar-refractivity contribution >= 4 is 17.5 Å². The van der Waals surface area contributed by atoms with Crippen LogP contribution in [0.25, 0.3) is 11.1 Å². The number of likely N-dealkylation sites (N-methyl/N-ethyl adjacent to an activating group) is 1. The third-order valence-electron chi connectivity index (χ3n) is 4.56. The number of rotatable bonds is 5. The van der Waals surface area contributed by atoms with E-state index in [2.05, 4.69) is 11.9 Å². The van der Waals surface area contributed by atoms with Gasteiger partial charge in [0.05, 0.1) is 5.02 Å². The lowest BCUT2D eigenvalue weighted by molar-refractivity contribution is 0.0664. The summed E-state index contributed by atoms with van der Waals surface area (Å²) in [5, 5.41) is 0.550. The van der Waals surface area contributed by atoms with E-state index in [-0.39, 0.29) is 5.91 Å². The van der Waals surface area contributed by atoms with Crippen LogP contribution >= 0.6 is 11.6 Å². The maximum atomic E-state index is 12.6. The molecule has 1 saturated heterocycles. The molecular weight excluding hydrogens is 350 g/mol. The topological polar surface area (TPSA) is 58.8 Å². The first-order valence-corrected chi connectivity index (χ1v) is 9.17. The summed E-state index contributed by atoms with van der Waals surface area (Å²) in [6, 6.07) is 13.3. The van der Waals surface area contributed by atoms with Gasteiger partial charge in [0, 0.05) is 38.3 Å². The van der Waals surface area contributed by atoms with Crippen LogP contribution < -0.4 is 10.5 Å². The lowest BCUT2D eigenvalue weighted by atomic mass is 10.0. The number of amides is 1. The van der Waals surface area contributed by atoms with Gasteiger partial charge in [-0.25, -0.2) is 0 Å². The first-order chi connectivity index (χ1) is 12.6. The number of benzene rings is 2. The third kappa shape index (κ3) is 4.36. The average Bonchev–Trinajstić information content (AvgIpc) is 2.67. The molecule has 2 N–H and O–H groups in total. The van der Waals surface area contributed by atoms with E-state index < -0.39 is 0 Å². The minimum atomic E-state index is 0.0909. The van der Waals surface area contributed by atoms with Crippen molar-refractivity contribution in [2.75, 3.05) is 46.4 Å². The van der Waals surface area contributed by atoms with Crippen LogP contribution in [0.4, 0.5) is 0 Å². The zero-order valence-electron chi connectivity index (χ0n) is 15.0. The zero-order chi connectivity index (χ0) is 18.5. The van der Waals surface area contributed by atoms with Gasteiger partial charge in [0.2, 0.25) is 0 Å². The van der Waals surface area contributed by atoms with Crippen molar-refractivity contribution in [1.82, 2.24) is 9.80 Å². The predicted octanol–water partition coefficient (Wildman–Crippen LogP) is 2.73. The molecule has 1 fully saturated rings. The van der Waals surface area contributed by atoms with Crippen molar-refractivity contribution in [2.45, 2.75) is 0 Å². The molecule has 1 aliphatic rings. The Balaban J connectivity index is 1.71. The molecule has 138 valence electrons. The van der Waals surface area contributed by atoms with Gasteiger partial charge in [-0.3, -0.25) is 4.79 Å². The van der Waals surface area contributed by atoms with E-state index in [1.807, 2.05) is 47.4 Å². The van der Waals surface area contributed by atoms with Crippen LogP contribution in [0.1, 0.15) is 10.4 Å². The number of ether oxygens (including phenoxy) is 1. The Bertz CT molecular complexity index is 756. The number of halogens is 1. The van der Waals surface area contributed by atoms with Crippen LogP contribution in [0, 0.1) is 0 Å². The van der Waals surface area contributed by atoms with Crippen LogP contribution in [-0.4, -0.2) is 62.1 Å². The Morgan fingerprint density at radius 2 is 1.73 bits per heavy atom. The summed E-state index contributed by atoms with van der Waals surface area (Å²) in [4.78, 5) is 16.8. The molecule has 3 rings (SSSR count). The Labute approximate surface area is 159 Å². The number of carbonyl (C=O) groups is 1. The second kappa shape index (κ2) is 8.54. The van der Waals surface area contributed by atoms with E-state index in [1.165, 1.54) is 0 Å². The molecule has 26 heavy (non-hydrogen) atoms. The first-order valence-electron chi connectivity index (χ1n) is 8.79. The smallest absolute Gasteiger partial charge is 0.253 e. The molecule has 0 bridgehead atoms. The SMILES string of the molecule is CN1CCN(C(=O)c2ccc(-c3ccc(OCCN)c(Cl)c3)cc2)CC1. The quantitative estimate of drug-likeness (QED) is 0.875. The fraction of sp³-hybridized carbons (Fsp3) is 0.350. The van der Waals surface area contributed by atoms with Crippen LogP contribution in [0.15, 0.2) is 42.5 Å². The average molecular weight is 374 g/mol. The number of nitrogens with two attached hydrogens (primary N) is 1. The highest BCUT2D eigenvalue weighted by atomic mass is 35.5. The number of carbonyl (C=O) groups excluding carboxylic acids is 1. The highest BCUT2D eigenvalue weighted by Gasteiger charge is 2.20. The normalized spacial score (nSPS) is 15.1.